The van der Waals surface area contributed by atoms with Gasteiger partial charge in [-0.1, -0.05) is 28.1 Å². The molecule has 0 bridgehead atoms. The van der Waals surface area contributed by atoms with E-state index in [1.165, 1.54) is 0 Å². The van der Waals surface area contributed by atoms with Gasteiger partial charge in [0.1, 0.15) is 6.61 Å². The Morgan fingerprint density at radius 3 is 2.53 bits per heavy atom. The topological polar surface area (TPSA) is 50.9 Å². The predicted molar refractivity (Wildman–Crippen MR) is 67.4 cm³/mol. The van der Waals surface area contributed by atoms with Gasteiger partial charge in [0, 0.05) is 16.1 Å². The van der Waals surface area contributed by atoms with Crippen LogP contribution in [0.2, 0.25) is 0 Å². The number of aliphatic hydroxyl groups excluding tert-OH is 1. The molecule has 88 valence electrons. The highest BCUT2D eigenvalue weighted by atomic mass is 79.9. The van der Waals surface area contributed by atoms with Crippen LogP contribution in [0.15, 0.2) is 28.7 Å². The number of rotatable bonds is 3. The fraction of sp³-hybridized carbons (Fsp3) is 0.333. The monoisotopic (exact) mass is 293 g/mol. The maximum atomic E-state index is 9.27. The minimum Gasteiger partial charge on any atom is -0.388 e. The Labute approximate surface area is 107 Å². The molecule has 1 aliphatic rings. The zero-order valence-electron chi connectivity index (χ0n) is 9.17. The summed E-state index contributed by atoms with van der Waals surface area (Å²) in [5.41, 5.74) is 1.03. The molecule has 2 aromatic rings. The Morgan fingerprint density at radius 1 is 1.24 bits per heavy atom. The Kier molecular flexibility index (Phi) is 2.72. The predicted octanol–water partition coefficient (Wildman–Crippen LogP) is 2.53. The Morgan fingerprint density at radius 2 is 1.94 bits per heavy atom. The fourth-order valence-corrected chi connectivity index (χ4v) is 2.21. The Balaban J connectivity index is 2.07. The summed E-state index contributed by atoms with van der Waals surface area (Å²) in [4.78, 5) is 0. The molecule has 1 saturated carbocycles. The maximum Gasteiger partial charge on any atom is 0.164 e. The molecule has 1 heterocycles. The van der Waals surface area contributed by atoms with Crippen LogP contribution in [0.1, 0.15) is 24.7 Å². The molecule has 1 fully saturated rings. The second-order valence-corrected chi connectivity index (χ2v) is 5.12. The summed E-state index contributed by atoms with van der Waals surface area (Å²) in [6.07, 6.45) is 2.29. The molecule has 0 atom stereocenters. The average molecular weight is 294 g/mol. The molecule has 4 nitrogen and oxygen atoms in total. The first-order chi connectivity index (χ1) is 8.29. The van der Waals surface area contributed by atoms with Crippen molar-refractivity contribution >= 4 is 15.9 Å². The lowest BCUT2D eigenvalue weighted by Crippen LogP contribution is -2.03. The van der Waals surface area contributed by atoms with Gasteiger partial charge in [-0.05, 0) is 25.0 Å². The smallest absolute Gasteiger partial charge is 0.164 e. The third-order valence-electron chi connectivity index (χ3n) is 2.92. The highest BCUT2D eigenvalue weighted by molar-refractivity contribution is 9.10. The van der Waals surface area contributed by atoms with Gasteiger partial charge in [0.15, 0.2) is 11.6 Å². The lowest BCUT2D eigenvalue weighted by molar-refractivity contribution is 0.265. The van der Waals surface area contributed by atoms with Gasteiger partial charge in [-0.3, -0.25) is 0 Å². The molecule has 17 heavy (non-hydrogen) atoms. The number of hydrogen-bond acceptors (Lipinski definition) is 3. The van der Waals surface area contributed by atoms with Crippen molar-refractivity contribution < 1.29 is 5.11 Å². The van der Waals surface area contributed by atoms with Crippen LogP contribution in [-0.2, 0) is 6.61 Å². The normalized spacial score (nSPS) is 15.2. The molecule has 0 aliphatic heterocycles. The number of hydrogen-bond donors (Lipinski definition) is 1. The molecule has 0 unspecified atom stereocenters. The van der Waals surface area contributed by atoms with E-state index in [0.717, 1.165) is 28.7 Å². The molecule has 1 N–H and O–H groups in total. The summed E-state index contributed by atoms with van der Waals surface area (Å²) in [6.45, 7) is -0.0555. The van der Waals surface area contributed by atoms with Crippen molar-refractivity contribution in [2.75, 3.05) is 0 Å². The molecule has 0 saturated heterocycles. The Hall–Kier alpha value is -1.20. The van der Waals surface area contributed by atoms with Gasteiger partial charge in [0.2, 0.25) is 0 Å². The first kappa shape index (κ1) is 10.9. The van der Waals surface area contributed by atoms with E-state index in [9.17, 15) is 5.11 Å². The number of aliphatic hydroxyl groups is 1. The van der Waals surface area contributed by atoms with Crippen LogP contribution in [0.3, 0.4) is 0 Å². The maximum absolute atomic E-state index is 9.27. The van der Waals surface area contributed by atoms with Crippen LogP contribution < -0.4 is 0 Å². The second-order valence-electron chi connectivity index (χ2n) is 4.21. The number of benzene rings is 1. The summed E-state index contributed by atoms with van der Waals surface area (Å²) >= 11 is 3.41. The zero-order valence-corrected chi connectivity index (χ0v) is 10.8. The van der Waals surface area contributed by atoms with E-state index in [1.807, 2.05) is 24.3 Å². The number of halogens is 1. The van der Waals surface area contributed by atoms with Crippen LogP contribution in [0, 0.1) is 0 Å². The fourth-order valence-electron chi connectivity index (χ4n) is 1.94. The van der Waals surface area contributed by atoms with Crippen LogP contribution >= 0.6 is 15.9 Å². The number of aromatic nitrogens is 3. The third kappa shape index (κ3) is 2.00. The molecule has 1 aromatic carbocycles. The van der Waals surface area contributed by atoms with Crippen LogP contribution in [0.4, 0.5) is 0 Å². The molecule has 1 aromatic heterocycles. The van der Waals surface area contributed by atoms with Crippen LogP contribution in [0.5, 0.6) is 0 Å². The van der Waals surface area contributed by atoms with Crippen molar-refractivity contribution in [3.63, 3.8) is 0 Å². The van der Waals surface area contributed by atoms with Gasteiger partial charge >= 0.3 is 0 Å². The summed E-state index contributed by atoms with van der Waals surface area (Å²) in [5.74, 6) is 1.51. The minimum absolute atomic E-state index is 0.0555. The summed E-state index contributed by atoms with van der Waals surface area (Å²) in [6, 6.07) is 8.45. The SMILES string of the molecule is OCc1nnc(-c2ccc(Br)cc2)n1C1CC1. The molecule has 0 radical (unpaired) electrons. The van der Waals surface area contributed by atoms with E-state index in [-0.39, 0.29) is 6.61 Å². The highest BCUT2D eigenvalue weighted by Crippen LogP contribution is 2.39. The lowest BCUT2D eigenvalue weighted by Gasteiger charge is -2.07. The van der Waals surface area contributed by atoms with Gasteiger partial charge in [-0.15, -0.1) is 10.2 Å². The van der Waals surface area contributed by atoms with Gasteiger partial charge in [0.25, 0.3) is 0 Å². The van der Waals surface area contributed by atoms with Crippen molar-refractivity contribution in [1.29, 1.82) is 0 Å². The van der Waals surface area contributed by atoms with Crippen LogP contribution in [0.25, 0.3) is 11.4 Å². The first-order valence-electron chi connectivity index (χ1n) is 5.60. The van der Waals surface area contributed by atoms with Gasteiger partial charge in [-0.25, -0.2) is 0 Å². The summed E-state index contributed by atoms with van der Waals surface area (Å²) in [5, 5.41) is 17.5. The molecular formula is C12H12BrN3O. The molecule has 0 amide bonds. The molecule has 3 rings (SSSR count). The van der Waals surface area contributed by atoms with Crippen molar-refractivity contribution in [2.24, 2.45) is 0 Å². The van der Waals surface area contributed by atoms with Gasteiger partial charge in [-0.2, -0.15) is 0 Å². The van der Waals surface area contributed by atoms with Crippen molar-refractivity contribution in [3.8, 4) is 11.4 Å². The largest absolute Gasteiger partial charge is 0.388 e. The summed E-state index contributed by atoms with van der Waals surface area (Å²) < 4.78 is 3.10. The molecule has 5 heteroatoms. The zero-order chi connectivity index (χ0) is 11.8. The standard InChI is InChI=1S/C12H12BrN3O/c13-9-3-1-8(2-4-9)12-15-14-11(7-17)16(12)10-5-6-10/h1-4,10,17H,5-7H2. The van der Waals surface area contributed by atoms with Gasteiger partial charge < -0.3 is 9.67 Å². The quantitative estimate of drug-likeness (QED) is 0.946. The van der Waals surface area contributed by atoms with E-state index >= 15 is 0 Å². The van der Waals surface area contributed by atoms with Gasteiger partial charge in [0.05, 0.1) is 0 Å². The second kappa shape index (κ2) is 4.23. The Bertz CT molecular complexity index is 531. The highest BCUT2D eigenvalue weighted by Gasteiger charge is 2.29. The van der Waals surface area contributed by atoms with E-state index in [1.54, 1.807) is 0 Å². The van der Waals surface area contributed by atoms with Crippen molar-refractivity contribution in [2.45, 2.75) is 25.5 Å². The van der Waals surface area contributed by atoms with Crippen molar-refractivity contribution in [3.05, 3.63) is 34.6 Å². The minimum atomic E-state index is -0.0555. The molecule has 0 spiro atoms. The van der Waals surface area contributed by atoms with Crippen LogP contribution in [-0.4, -0.2) is 19.9 Å². The van der Waals surface area contributed by atoms with E-state index < -0.39 is 0 Å². The average Bonchev–Trinajstić information content (AvgIpc) is 3.10. The third-order valence-corrected chi connectivity index (χ3v) is 3.45. The van der Waals surface area contributed by atoms with E-state index in [4.69, 9.17) is 0 Å². The molecule has 1 aliphatic carbocycles. The van der Waals surface area contributed by atoms with E-state index in [0.29, 0.717) is 11.9 Å². The first-order valence-corrected chi connectivity index (χ1v) is 6.39. The number of nitrogens with zero attached hydrogens (tertiary/aromatic N) is 3. The van der Waals surface area contributed by atoms with E-state index in [2.05, 4.69) is 30.7 Å². The van der Waals surface area contributed by atoms with Crippen molar-refractivity contribution in [1.82, 2.24) is 14.8 Å². The molecular weight excluding hydrogens is 282 g/mol. The summed E-state index contributed by atoms with van der Waals surface area (Å²) in [7, 11) is 0. The lowest BCUT2D eigenvalue weighted by atomic mass is 10.2.